The van der Waals surface area contributed by atoms with Crippen molar-refractivity contribution < 1.29 is 14.4 Å². The quantitative estimate of drug-likeness (QED) is 0.478. The van der Waals surface area contributed by atoms with E-state index >= 15 is 0 Å². The largest absolute Gasteiger partial charge is 0.345 e. The van der Waals surface area contributed by atoms with Crippen molar-refractivity contribution in [2.24, 2.45) is 11.8 Å². The van der Waals surface area contributed by atoms with E-state index in [0.717, 1.165) is 56.0 Å². The molecule has 1 amide bonds. The Morgan fingerprint density at radius 1 is 1.11 bits per heavy atom. The van der Waals surface area contributed by atoms with Crippen molar-refractivity contribution in [3.63, 3.8) is 0 Å². The second-order valence-corrected chi connectivity index (χ2v) is 10.8. The highest BCUT2D eigenvalue weighted by Gasteiger charge is 2.39. The minimum absolute atomic E-state index is 0.0178. The molecular weight excluding hydrogens is 462 g/mol. The number of rotatable bonds is 9. The molecule has 1 saturated carbocycles. The highest BCUT2D eigenvalue weighted by Crippen LogP contribution is 2.36. The van der Waals surface area contributed by atoms with Gasteiger partial charge in [0, 0.05) is 48.6 Å². The summed E-state index contributed by atoms with van der Waals surface area (Å²) in [5.41, 5.74) is 1.54. The van der Waals surface area contributed by atoms with Crippen LogP contribution in [0.4, 0.5) is 0 Å². The number of nitrogens with one attached hydrogen (secondary N) is 1. The van der Waals surface area contributed by atoms with E-state index in [1.165, 1.54) is 6.42 Å². The van der Waals surface area contributed by atoms with Crippen molar-refractivity contribution >= 4 is 40.0 Å². The summed E-state index contributed by atoms with van der Waals surface area (Å²) < 4.78 is 2.08. The zero-order valence-electron chi connectivity index (χ0n) is 21.2. The molecule has 6 nitrogen and oxygen atoms in total. The van der Waals surface area contributed by atoms with E-state index in [1.807, 2.05) is 36.2 Å². The van der Waals surface area contributed by atoms with Gasteiger partial charge < -0.3 is 14.8 Å². The number of likely N-dealkylation sites (N-methyl/N-ethyl adjacent to an activating group) is 1. The second-order valence-electron chi connectivity index (χ2n) is 10.4. The van der Waals surface area contributed by atoms with E-state index in [2.05, 4.69) is 9.88 Å². The molecule has 0 bridgehead atoms. The van der Waals surface area contributed by atoms with Crippen molar-refractivity contribution in [2.75, 3.05) is 13.6 Å². The molecule has 3 atom stereocenters. The Kier molecular flexibility index (Phi) is 8.33. The summed E-state index contributed by atoms with van der Waals surface area (Å²) in [5, 5.41) is 4.39. The summed E-state index contributed by atoms with van der Waals surface area (Å²) in [5.74, 6) is 0.265. The number of carbonyl (C=O) groups is 3. The lowest BCUT2D eigenvalue weighted by atomic mass is 9.76. The molecule has 0 spiro atoms. The molecule has 4 rings (SSSR count). The number of Topliss-reactive ketones (excluding diaryl/α,β-unsaturated/α-hetero) is 2. The summed E-state index contributed by atoms with van der Waals surface area (Å²) in [6.45, 7) is 4.78. The Labute approximate surface area is 213 Å². The Morgan fingerprint density at radius 2 is 1.86 bits per heavy atom. The van der Waals surface area contributed by atoms with Crippen LogP contribution in [0.1, 0.15) is 75.6 Å². The molecule has 2 aromatic rings. The van der Waals surface area contributed by atoms with Crippen molar-refractivity contribution in [1.82, 2.24) is 14.8 Å². The molecule has 1 aromatic heterocycles. The van der Waals surface area contributed by atoms with Crippen molar-refractivity contribution in [3.8, 4) is 0 Å². The summed E-state index contributed by atoms with van der Waals surface area (Å²) in [7, 11) is 1.79. The zero-order valence-corrected chi connectivity index (χ0v) is 21.9. The molecule has 0 radical (unpaired) electrons. The first-order valence-electron chi connectivity index (χ1n) is 13.1. The van der Waals surface area contributed by atoms with Gasteiger partial charge in [-0.1, -0.05) is 36.9 Å². The van der Waals surface area contributed by atoms with Crippen LogP contribution in [0.3, 0.4) is 0 Å². The average Bonchev–Trinajstić information content (AvgIpc) is 3.48. The van der Waals surface area contributed by atoms with Gasteiger partial charge in [0.25, 0.3) is 0 Å². The number of halogens is 1. The molecule has 2 heterocycles. The van der Waals surface area contributed by atoms with Crippen LogP contribution < -0.4 is 5.32 Å². The number of benzene rings is 1. The molecule has 1 aromatic carbocycles. The number of hydrogen-bond donors (Lipinski definition) is 1. The van der Waals surface area contributed by atoms with Crippen LogP contribution in [0, 0.1) is 11.8 Å². The lowest BCUT2D eigenvalue weighted by Crippen LogP contribution is -2.45. The number of ketones is 2. The Bertz CT molecular complexity index is 1090. The van der Waals surface area contributed by atoms with Crippen LogP contribution >= 0.6 is 11.6 Å². The Morgan fingerprint density at radius 3 is 2.54 bits per heavy atom. The van der Waals surface area contributed by atoms with Gasteiger partial charge in [-0.05, 0) is 64.6 Å². The number of fused-ring (bicyclic) bond motifs is 1. The lowest BCUT2D eigenvalue weighted by molar-refractivity contribution is -0.141. The first kappa shape index (κ1) is 25.9. The minimum atomic E-state index is -0.247. The first-order chi connectivity index (χ1) is 16.8. The number of carbonyl (C=O) groups excluding carboxylic acids is 3. The molecular formula is C28H38ClN3O3. The molecule has 1 saturated heterocycles. The van der Waals surface area contributed by atoms with Gasteiger partial charge in [0.05, 0.1) is 16.6 Å². The monoisotopic (exact) mass is 499 g/mol. The SMILES string of the molecule is CNC(C)C(=O)CC(C(=O)N1CCCC1Cn1cc(C(C)=O)c2c(Cl)cccc21)C1CCCCC1. The Hall–Kier alpha value is -2.18. The third kappa shape index (κ3) is 5.49. The van der Waals surface area contributed by atoms with Gasteiger partial charge in [-0.15, -0.1) is 0 Å². The number of nitrogens with zero attached hydrogens (tertiary/aromatic N) is 2. The Balaban J connectivity index is 1.59. The standard InChI is InChI=1S/C28H38ClN3O3/c1-18(30-3)26(34)15-22(20-9-5-4-6-10-20)28(35)32-14-8-11-21(32)16-31-17-23(19(2)33)27-24(29)12-7-13-25(27)31/h7,12-13,17-18,20-22,30H,4-6,8-11,14-16H2,1-3H3. The van der Waals surface area contributed by atoms with Gasteiger partial charge in [-0.2, -0.15) is 0 Å². The molecule has 1 aliphatic carbocycles. The van der Waals surface area contributed by atoms with Crippen molar-refractivity contribution in [1.29, 1.82) is 0 Å². The maximum absolute atomic E-state index is 14.0. The number of likely N-dealkylation sites (tertiary alicyclic amines) is 1. The summed E-state index contributed by atoms with van der Waals surface area (Å²) in [6, 6.07) is 5.49. The molecule has 1 aliphatic heterocycles. The molecule has 7 heteroatoms. The molecule has 2 aliphatic rings. The van der Waals surface area contributed by atoms with Gasteiger partial charge in [0.2, 0.25) is 5.91 Å². The third-order valence-electron chi connectivity index (χ3n) is 8.18. The summed E-state index contributed by atoms with van der Waals surface area (Å²) in [4.78, 5) is 41.2. The molecule has 35 heavy (non-hydrogen) atoms. The summed E-state index contributed by atoms with van der Waals surface area (Å²) >= 11 is 6.46. The van der Waals surface area contributed by atoms with Gasteiger partial charge in [0.15, 0.2) is 5.78 Å². The van der Waals surface area contributed by atoms with E-state index in [9.17, 15) is 14.4 Å². The smallest absolute Gasteiger partial charge is 0.226 e. The molecule has 3 unspecified atom stereocenters. The zero-order chi connectivity index (χ0) is 25.1. The molecule has 1 N–H and O–H groups in total. The highest BCUT2D eigenvalue weighted by molar-refractivity contribution is 6.36. The van der Waals surface area contributed by atoms with Gasteiger partial charge in [-0.3, -0.25) is 14.4 Å². The van der Waals surface area contributed by atoms with E-state index in [1.54, 1.807) is 14.0 Å². The van der Waals surface area contributed by atoms with Crippen molar-refractivity contribution in [2.45, 2.75) is 83.8 Å². The van der Waals surface area contributed by atoms with Crippen LogP contribution in [0.15, 0.2) is 24.4 Å². The highest BCUT2D eigenvalue weighted by atomic mass is 35.5. The number of amides is 1. The van der Waals surface area contributed by atoms with Gasteiger partial charge >= 0.3 is 0 Å². The fourth-order valence-electron chi connectivity index (χ4n) is 6.03. The predicted molar refractivity (Wildman–Crippen MR) is 140 cm³/mol. The maximum Gasteiger partial charge on any atom is 0.226 e. The fourth-order valence-corrected chi connectivity index (χ4v) is 6.30. The fraction of sp³-hybridized carbons (Fsp3) is 0.607. The normalized spacial score (nSPS) is 20.8. The maximum atomic E-state index is 14.0. The topological polar surface area (TPSA) is 71.4 Å². The second kappa shape index (κ2) is 11.3. The van der Waals surface area contributed by atoms with Crippen LogP contribution in [0.25, 0.3) is 10.9 Å². The van der Waals surface area contributed by atoms with Gasteiger partial charge in [0.1, 0.15) is 5.78 Å². The van der Waals surface area contributed by atoms with Crippen LogP contribution in [0.5, 0.6) is 0 Å². The van der Waals surface area contributed by atoms with Crippen molar-refractivity contribution in [3.05, 3.63) is 35.0 Å². The molecule has 190 valence electrons. The van der Waals surface area contributed by atoms with E-state index in [0.29, 0.717) is 23.6 Å². The predicted octanol–water partition coefficient (Wildman–Crippen LogP) is 5.25. The van der Waals surface area contributed by atoms with Crippen LogP contribution in [-0.2, 0) is 16.1 Å². The van der Waals surface area contributed by atoms with E-state index in [-0.39, 0.29) is 41.4 Å². The van der Waals surface area contributed by atoms with Gasteiger partial charge in [-0.25, -0.2) is 0 Å². The van der Waals surface area contributed by atoms with E-state index < -0.39 is 0 Å². The first-order valence-corrected chi connectivity index (χ1v) is 13.5. The minimum Gasteiger partial charge on any atom is -0.345 e. The third-order valence-corrected chi connectivity index (χ3v) is 8.49. The van der Waals surface area contributed by atoms with Crippen LogP contribution in [0.2, 0.25) is 5.02 Å². The summed E-state index contributed by atoms with van der Waals surface area (Å²) in [6.07, 6.45) is 9.61. The molecule has 2 fully saturated rings. The van der Waals surface area contributed by atoms with Crippen LogP contribution in [-0.4, -0.2) is 52.6 Å². The number of hydrogen-bond acceptors (Lipinski definition) is 4. The number of aromatic nitrogens is 1. The average molecular weight is 500 g/mol. The van der Waals surface area contributed by atoms with E-state index in [4.69, 9.17) is 11.6 Å². The lowest BCUT2D eigenvalue weighted by Gasteiger charge is -2.35.